The van der Waals surface area contributed by atoms with Crippen molar-refractivity contribution in [3.63, 3.8) is 0 Å². The summed E-state index contributed by atoms with van der Waals surface area (Å²) in [5, 5.41) is 5.80. The molecule has 29 heavy (non-hydrogen) atoms. The maximum atomic E-state index is 12.4. The normalized spacial score (nSPS) is 17.0. The van der Waals surface area contributed by atoms with Crippen LogP contribution in [-0.2, 0) is 0 Å². The van der Waals surface area contributed by atoms with E-state index in [1.165, 1.54) is 18.6 Å². The Bertz CT molecular complexity index is 747. The highest BCUT2D eigenvalue weighted by atomic mass is 19.3. The third-order valence-corrected chi connectivity index (χ3v) is 5.11. The van der Waals surface area contributed by atoms with Gasteiger partial charge in [-0.15, -0.1) is 0 Å². The number of carbonyl (C=O) groups excluding carboxylic acids is 1. The number of hydrogen-bond acceptors (Lipinski definition) is 4. The molecule has 158 valence electrons. The molecule has 0 spiro atoms. The van der Waals surface area contributed by atoms with Crippen molar-refractivity contribution in [2.45, 2.75) is 44.9 Å². The Morgan fingerprint density at radius 2 is 1.90 bits per heavy atom. The van der Waals surface area contributed by atoms with Crippen LogP contribution in [0.2, 0.25) is 0 Å². The van der Waals surface area contributed by atoms with E-state index in [9.17, 15) is 13.6 Å². The van der Waals surface area contributed by atoms with Crippen LogP contribution in [0.25, 0.3) is 0 Å². The molecule has 1 aromatic heterocycles. The molecular formula is C21H27F2N3O3. The average Bonchev–Trinajstić information content (AvgIpc) is 3.23. The van der Waals surface area contributed by atoms with Crippen molar-refractivity contribution in [1.29, 1.82) is 0 Å². The first-order valence-corrected chi connectivity index (χ1v) is 9.89. The van der Waals surface area contributed by atoms with Gasteiger partial charge >= 0.3 is 12.6 Å². The predicted octanol–water partition coefficient (Wildman–Crippen LogP) is 4.47. The Labute approximate surface area is 169 Å². The molecule has 2 aromatic rings. The van der Waals surface area contributed by atoms with Gasteiger partial charge in [0.2, 0.25) is 0 Å². The molecule has 1 aliphatic heterocycles. The molecule has 2 atom stereocenters. The second-order valence-corrected chi connectivity index (χ2v) is 7.15. The molecule has 1 fully saturated rings. The summed E-state index contributed by atoms with van der Waals surface area (Å²) in [7, 11) is 0. The highest BCUT2D eigenvalue weighted by Crippen LogP contribution is 2.24. The van der Waals surface area contributed by atoms with Crippen LogP contribution in [-0.4, -0.2) is 37.2 Å². The fourth-order valence-corrected chi connectivity index (χ4v) is 3.58. The molecule has 6 nitrogen and oxygen atoms in total. The zero-order valence-electron chi connectivity index (χ0n) is 16.4. The van der Waals surface area contributed by atoms with Crippen LogP contribution in [0.5, 0.6) is 5.75 Å². The monoisotopic (exact) mass is 407 g/mol. The number of ether oxygens (including phenoxy) is 1. The molecule has 3 rings (SSSR count). The Kier molecular flexibility index (Phi) is 7.46. The number of carbonyl (C=O) groups is 1. The van der Waals surface area contributed by atoms with Crippen LogP contribution in [0.1, 0.15) is 49.6 Å². The maximum Gasteiger partial charge on any atom is 0.387 e. The molecule has 1 aromatic carbocycles. The van der Waals surface area contributed by atoms with Gasteiger partial charge in [-0.05, 0) is 62.7 Å². The van der Waals surface area contributed by atoms with Gasteiger partial charge in [0, 0.05) is 6.54 Å². The van der Waals surface area contributed by atoms with Crippen molar-refractivity contribution in [2.24, 2.45) is 0 Å². The average molecular weight is 407 g/mol. The van der Waals surface area contributed by atoms with E-state index in [1.807, 2.05) is 19.1 Å². The lowest BCUT2D eigenvalue weighted by molar-refractivity contribution is -0.0498. The molecule has 0 bridgehead atoms. The van der Waals surface area contributed by atoms with Crippen LogP contribution in [0.4, 0.5) is 13.6 Å². The summed E-state index contributed by atoms with van der Waals surface area (Å²) >= 11 is 0. The lowest BCUT2D eigenvalue weighted by Gasteiger charge is -2.33. The van der Waals surface area contributed by atoms with Gasteiger partial charge in [0.25, 0.3) is 0 Å². The minimum Gasteiger partial charge on any atom is -0.468 e. The van der Waals surface area contributed by atoms with Gasteiger partial charge in [-0.1, -0.05) is 18.6 Å². The van der Waals surface area contributed by atoms with Crippen LogP contribution < -0.4 is 15.4 Å². The summed E-state index contributed by atoms with van der Waals surface area (Å²) in [4.78, 5) is 14.7. The van der Waals surface area contributed by atoms with E-state index in [2.05, 4.69) is 20.3 Å². The minimum absolute atomic E-state index is 0.00265. The number of nitrogens with zero attached hydrogens (tertiary/aromatic N) is 1. The molecule has 0 saturated carbocycles. The van der Waals surface area contributed by atoms with Crippen molar-refractivity contribution in [2.75, 3.05) is 19.6 Å². The van der Waals surface area contributed by atoms with Crippen LogP contribution >= 0.6 is 0 Å². The molecule has 2 amide bonds. The third-order valence-electron chi connectivity index (χ3n) is 5.11. The fourth-order valence-electron chi connectivity index (χ4n) is 3.58. The number of furan rings is 1. The molecule has 8 heteroatoms. The standard InChI is InChI=1S/C21H27F2N3O3/c1-15(16-7-9-17(10-8-16)29-20(22)23)25-21(27)24-14-18(19-6-5-13-28-19)26-11-3-2-4-12-26/h5-10,13,15,18,20H,2-4,11-12,14H2,1H3,(H2,24,25,27). The first-order chi connectivity index (χ1) is 14.0. The summed E-state index contributed by atoms with van der Waals surface area (Å²) in [6.07, 6.45) is 5.17. The molecular weight excluding hydrogens is 380 g/mol. The SMILES string of the molecule is CC(NC(=O)NCC(c1ccco1)N1CCCCC1)c1ccc(OC(F)F)cc1. The molecule has 1 aliphatic rings. The number of likely N-dealkylation sites (tertiary alicyclic amines) is 1. The van der Waals surface area contributed by atoms with Crippen molar-refractivity contribution in [1.82, 2.24) is 15.5 Å². The summed E-state index contributed by atoms with van der Waals surface area (Å²) in [5.74, 6) is 0.929. The molecule has 2 heterocycles. The van der Waals surface area contributed by atoms with E-state index < -0.39 is 6.61 Å². The first kappa shape index (κ1) is 21.1. The van der Waals surface area contributed by atoms with Gasteiger partial charge in [0.1, 0.15) is 11.5 Å². The van der Waals surface area contributed by atoms with Crippen molar-refractivity contribution in [3.8, 4) is 5.75 Å². The Hall–Kier alpha value is -2.61. The first-order valence-electron chi connectivity index (χ1n) is 9.89. The maximum absolute atomic E-state index is 12.4. The lowest BCUT2D eigenvalue weighted by atomic mass is 10.1. The highest BCUT2D eigenvalue weighted by Gasteiger charge is 2.25. The number of benzene rings is 1. The molecule has 0 radical (unpaired) electrons. The van der Waals surface area contributed by atoms with E-state index >= 15 is 0 Å². The second kappa shape index (κ2) is 10.2. The van der Waals surface area contributed by atoms with Gasteiger partial charge < -0.3 is 19.8 Å². The molecule has 2 unspecified atom stereocenters. The van der Waals surface area contributed by atoms with E-state index in [4.69, 9.17) is 4.42 Å². The summed E-state index contributed by atoms with van der Waals surface area (Å²) < 4.78 is 34.4. The summed E-state index contributed by atoms with van der Waals surface area (Å²) in [6.45, 7) is 1.38. The number of hydrogen-bond donors (Lipinski definition) is 2. The van der Waals surface area contributed by atoms with Crippen molar-refractivity contribution < 1.29 is 22.7 Å². The quantitative estimate of drug-likeness (QED) is 0.678. The minimum atomic E-state index is -2.86. The molecule has 1 saturated heterocycles. The van der Waals surface area contributed by atoms with Crippen LogP contribution in [0, 0.1) is 0 Å². The van der Waals surface area contributed by atoms with Crippen molar-refractivity contribution in [3.05, 3.63) is 54.0 Å². The number of urea groups is 1. The van der Waals surface area contributed by atoms with Crippen molar-refractivity contribution >= 4 is 6.03 Å². The largest absolute Gasteiger partial charge is 0.468 e. The Morgan fingerprint density at radius 1 is 1.17 bits per heavy atom. The van der Waals surface area contributed by atoms with Gasteiger partial charge in [0.15, 0.2) is 0 Å². The topological polar surface area (TPSA) is 66.7 Å². The van der Waals surface area contributed by atoms with Gasteiger partial charge in [-0.2, -0.15) is 8.78 Å². The zero-order valence-corrected chi connectivity index (χ0v) is 16.4. The van der Waals surface area contributed by atoms with E-state index in [1.54, 1.807) is 18.4 Å². The smallest absolute Gasteiger partial charge is 0.387 e. The summed E-state index contributed by atoms with van der Waals surface area (Å²) in [5.41, 5.74) is 0.792. The number of nitrogens with one attached hydrogen (secondary N) is 2. The van der Waals surface area contributed by atoms with E-state index in [0.29, 0.717) is 6.54 Å². The number of rotatable bonds is 8. The zero-order chi connectivity index (χ0) is 20.6. The lowest BCUT2D eigenvalue weighted by Crippen LogP contribution is -2.44. The Morgan fingerprint density at radius 3 is 2.52 bits per heavy atom. The molecule has 0 aliphatic carbocycles. The van der Waals surface area contributed by atoms with Gasteiger partial charge in [0.05, 0.1) is 18.3 Å². The van der Waals surface area contributed by atoms with Crippen LogP contribution in [0.15, 0.2) is 47.1 Å². The number of alkyl halides is 2. The van der Waals surface area contributed by atoms with E-state index in [0.717, 1.165) is 37.3 Å². The fraction of sp³-hybridized carbons (Fsp3) is 0.476. The van der Waals surface area contributed by atoms with E-state index in [-0.39, 0.29) is 23.9 Å². The highest BCUT2D eigenvalue weighted by molar-refractivity contribution is 5.74. The summed E-state index contributed by atoms with van der Waals surface area (Å²) in [6, 6.07) is 9.44. The molecule has 2 N–H and O–H groups in total. The number of halogens is 2. The number of piperidine rings is 1. The van der Waals surface area contributed by atoms with Crippen LogP contribution in [0.3, 0.4) is 0 Å². The Balaban J connectivity index is 1.53. The third kappa shape index (κ3) is 6.19. The number of amides is 2. The van der Waals surface area contributed by atoms with Gasteiger partial charge in [-0.25, -0.2) is 4.79 Å². The van der Waals surface area contributed by atoms with Gasteiger partial charge in [-0.3, -0.25) is 4.90 Å². The predicted molar refractivity (Wildman–Crippen MR) is 105 cm³/mol. The second-order valence-electron chi connectivity index (χ2n) is 7.15.